The molecule has 0 saturated carbocycles. The molecule has 2 amide bonds. The maximum absolute atomic E-state index is 12.5. The Morgan fingerprint density at radius 1 is 1.04 bits per heavy atom. The molecule has 1 unspecified atom stereocenters. The van der Waals surface area contributed by atoms with E-state index in [2.05, 4.69) is 10.6 Å². The van der Waals surface area contributed by atoms with Crippen molar-refractivity contribution in [1.29, 1.82) is 0 Å². The Kier molecular flexibility index (Phi) is 7.82. The number of rotatable bonds is 9. The zero-order valence-electron chi connectivity index (χ0n) is 16.0. The molecular weight excluding hydrogens is 344 g/mol. The first kappa shape index (κ1) is 20.5. The SMILES string of the molecule is CCC(C)Oc1cccc(C(=O)Nc2cccc(C(=O)NCCOC)c2)c1. The van der Waals surface area contributed by atoms with Gasteiger partial charge in [0, 0.05) is 30.5 Å². The number of benzene rings is 2. The standard InChI is InChI=1S/C21H26N2O4/c1-4-15(2)27-19-10-6-8-17(14-19)21(25)23-18-9-5-7-16(13-18)20(24)22-11-12-26-3/h5-10,13-15H,4,11-12H2,1-3H3,(H,22,24)(H,23,25). The van der Waals surface area contributed by atoms with E-state index in [9.17, 15) is 9.59 Å². The average molecular weight is 370 g/mol. The van der Waals surface area contributed by atoms with Crippen LogP contribution in [0.15, 0.2) is 48.5 Å². The lowest BCUT2D eigenvalue weighted by Crippen LogP contribution is -2.27. The van der Waals surface area contributed by atoms with Gasteiger partial charge >= 0.3 is 0 Å². The first-order valence-electron chi connectivity index (χ1n) is 8.98. The fourth-order valence-corrected chi connectivity index (χ4v) is 2.34. The largest absolute Gasteiger partial charge is 0.491 e. The average Bonchev–Trinajstić information content (AvgIpc) is 2.68. The minimum absolute atomic E-state index is 0.0802. The van der Waals surface area contributed by atoms with Gasteiger partial charge in [0.2, 0.25) is 0 Å². The monoisotopic (exact) mass is 370 g/mol. The number of methoxy groups -OCH3 is 1. The molecule has 0 fully saturated rings. The van der Waals surface area contributed by atoms with E-state index in [4.69, 9.17) is 9.47 Å². The van der Waals surface area contributed by atoms with Gasteiger partial charge in [-0.05, 0) is 49.7 Å². The van der Waals surface area contributed by atoms with Crippen molar-refractivity contribution in [3.8, 4) is 5.75 Å². The van der Waals surface area contributed by atoms with Gasteiger partial charge in [0.15, 0.2) is 0 Å². The van der Waals surface area contributed by atoms with Crippen LogP contribution in [0.1, 0.15) is 41.0 Å². The molecule has 1 atom stereocenters. The first-order chi connectivity index (χ1) is 13.0. The molecule has 0 aliphatic carbocycles. The van der Waals surface area contributed by atoms with Crippen LogP contribution in [0.4, 0.5) is 5.69 Å². The lowest BCUT2D eigenvalue weighted by molar-refractivity contribution is 0.0936. The quantitative estimate of drug-likeness (QED) is 0.663. The summed E-state index contributed by atoms with van der Waals surface area (Å²) in [5, 5.41) is 5.57. The fraction of sp³-hybridized carbons (Fsp3) is 0.333. The van der Waals surface area contributed by atoms with Crippen LogP contribution in [0.5, 0.6) is 5.75 Å². The number of hydrogen-bond acceptors (Lipinski definition) is 4. The van der Waals surface area contributed by atoms with E-state index in [-0.39, 0.29) is 17.9 Å². The molecular formula is C21H26N2O4. The van der Waals surface area contributed by atoms with E-state index in [0.29, 0.717) is 35.7 Å². The van der Waals surface area contributed by atoms with Gasteiger partial charge in [0.25, 0.3) is 11.8 Å². The van der Waals surface area contributed by atoms with Crippen LogP contribution in [0.2, 0.25) is 0 Å². The molecule has 6 heteroatoms. The molecule has 6 nitrogen and oxygen atoms in total. The van der Waals surface area contributed by atoms with Crippen molar-refractivity contribution in [2.45, 2.75) is 26.4 Å². The van der Waals surface area contributed by atoms with E-state index in [1.807, 2.05) is 19.9 Å². The summed E-state index contributed by atoms with van der Waals surface area (Å²) in [5.41, 5.74) is 1.51. The number of ether oxygens (including phenoxy) is 2. The summed E-state index contributed by atoms with van der Waals surface area (Å²) in [6.07, 6.45) is 0.965. The highest BCUT2D eigenvalue weighted by Gasteiger charge is 2.11. The van der Waals surface area contributed by atoms with Crippen LogP contribution >= 0.6 is 0 Å². The minimum atomic E-state index is -0.262. The van der Waals surface area contributed by atoms with E-state index >= 15 is 0 Å². The molecule has 2 aromatic rings. The van der Waals surface area contributed by atoms with E-state index in [0.717, 1.165) is 6.42 Å². The van der Waals surface area contributed by atoms with Crippen molar-refractivity contribution in [1.82, 2.24) is 5.32 Å². The normalized spacial score (nSPS) is 11.5. The highest BCUT2D eigenvalue weighted by Crippen LogP contribution is 2.18. The number of anilines is 1. The first-order valence-corrected chi connectivity index (χ1v) is 8.98. The second kappa shape index (κ2) is 10.3. The molecule has 0 bridgehead atoms. The Morgan fingerprint density at radius 2 is 1.74 bits per heavy atom. The summed E-state index contributed by atoms with van der Waals surface area (Å²) in [4.78, 5) is 24.6. The zero-order valence-corrected chi connectivity index (χ0v) is 16.0. The third-order valence-electron chi connectivity index (χ3n) is 3.98. The van der Waals surface area contributed by atoms with Crippen molar-refractivity contribution in [2.24, 2.45) is 0 Å². The molecule has 2 N–H and O–H groups in total. The van der Waals surface area contributed by atoms with Crippen LogP contribution in [0.3, 0.4) is 0 Å². The summed E-state index contributed by atoms with van der Waals surface area (Å²) in [7, 11) is 1.57. The molecule has 0 aliphatic rings. The van der Waals surface area contributed by atoms with Gasteiger partial charge in [-0.1, -0.05) is 19.1 Å². The Hall–Kier alpha value is -2.86. The fourth-order valence-electron chi connectivity index (χ4n) is 2.34. The van der Waals surface area contributed by atoms with Crippen molar-refractivity contribution >= 4 is 17.5 Å². The third-order valence-corrected chi connectivity index (χ3v) is 3.98. The van der Waals surface area contributed by atoms with Gasteiger partial charge in [-0.25, -0.2) is 0 Å². The van der Waals surface area contributed by atoms with Gasteiger partial charge in [0.1, 0.15) is 5.75 Å². The Morgan fingerprint density at radius 3 is 2.44 bits per heavy atom. The highest BCUT2D eigenvalue weighted by molar-refractivity contribution is 6.05. The van der Waals surface area contributed by atoms with Crippen LogP contribution < -0.4 is 15.4 Å². The lowest BCUT2D eigenvalue weighted by Gasteiger charge is -2.13. The van der Waals surface area contributed by atoms with Crippen LogP contribution in [-0.4, -0.2) is 38.2 Å². The molecule has 0 radical (unpaired) electrons. The minimum Gasteiger partial charge on any atom is -0.491 e. The zero-order chi connectivity index (χ0) is 19.6. The molecule has 27 heavy (non-hydrogen) atoms. The summed E-state index contributed by atoms with van der Waals surface area (Å²) in [6.45, 7) is 4.89. The number of nitrogens with one attached hydrogen (secondary N) is 2. The number of carbonyl (C=O) groups is 2. The van der Waals surface area contributed by atoms with E-state index in [1.54, 1.807) is 49.6 Å². The third kappa shape index (κ3) is 6.42. The van der Waals surface area contributed by atoms with E-state index in [1.165, 1.54) is 0 Å². The summed E-state index contributed by atoms with van der Waals surface area (Å²) >= 11 is 0. The molecule has 0 spiro atoms. The summed E-state index contributed by atoms with van der Waals surface area (Å²) < 4.78 is 10.7. The molecule has 2 rings (SSSR count). The maximum atomic E-state index is 12.5. The maximum Gasteiger partial charge on any atom is 0.255 e. The number of carbonyl (C=O) groups excluding carboxylic acids is 2. The lowest BCUT2D eigenvalue weighted by atomic mass is 10.1. The van der Waals surface area contributed by atoms with Crippen molar-refractivity contribution in [3.63, 3.8) is 0 Å². The van der Waals surface area contributed by atoms with Gasteiger partial charge in [-0.2, -0.15) is 0 Å². The Bertz CT molecular complexity index is 776. The molecule has 0 aliphatic heterocycles. The predicted octanol–water partition coefficient (Wildman–Crippen LogP) is 3.49. The summed E-state index contributed by atoms with van der Waals surface area (Å²) in [6, 6.07) is 13.8. The molecule has 0 heterocycles. The molecule has 0 aromatic heterocycles. The second-order valence-corrected chi connectivity index (χ2v) is 6.15. The van der Waals surface area contributed by atoms with Crippen molar-refractivity contribution in [2.75, 3.05) is 25.6 Å². The van der Waals surface area contributed by atoms with Crippen LogP contribution in [-0.2, 0) is 4.74 Å². The molecule has 144 valence electrons. The van der Waals surface area contributed by atoms with Gasteiger partial charge in [-0.15, -0.1) is 0 Å². The van der Waals surface area contributed by atoms with Crippen LogP contribution in [0, 0.1) is 0 Å². The molecule has 2 aromatic carbocycles. The van der Waals surface area contributed by atoms with Gasteiger partial charge < -0.3 is 20.1 Å². The predicted molar refractivity (Wildman–Crippen MR) is 105 cm³/mol. The number of hydrogen-bond donors (Lipinski definition) is 2. The highest BCUT2D eigenvalue weighted by atomic mass is 16.5. The number of amides is 2. The topological polar surface area (TPSA) is 76.7 Å². The second-order valence-electron chi connectivity index (χ2n) is 6.15. The van der Waals surface area contributed by atoms with E-state index < -0.39 is 0 Å². The van der Waals surface area contributed by atoms with Gasteiger partial charge in [-0.3, -0.25) is 9.59 Å². The van der Waals surface area contributed by atoms with Crippen LogP contribution in [0.25, 0.3) is 0 Å². The van der Waals surface area contributed by atoms with Crippen molar-refractivity contribution < 1.29 is 19.1 Å². The smallest absolute Gasteiger partial charge is 0.255 e. The molecule has 0 saturated heterocycles. The summed E-state index contributed by atoms with van der Waals surface area (Å²) in [5.74, 6) is 0.178. The Balaban J connectivity index is 2.04. The van der Waals surface area contributed by atoms with Crippen molar-refractivity contribution in [3.05, 3.63) is 59.7 Å². The van der Waals surface area contributed by atoms with Gasteiger partial charge in [0.05, 0.1) is 12.7 Å². The Labute approximate surface area is 159 Å².